The average Bonchev–Trinajstić information content (AvgIpc) is 3.18. The van der Waals surface area contributed by atoms with Crippen LogP contribution in [-0.2, 0) is 4.79 Å². The Kier molecular flexibility index (Phi) is 4.04. The number of hydrogen-bond acceptors (Lipinski definition) is 7. The van der Waals surface area contributed by atoms with Crippen LogP contribution in [0.1, 0.15) is 5.56 Å². The molecule has 0 N–H and O–H groups in total. The van der Waals surface area contributed by atoms with Gasteiger partial charge < -0.3 is 9.42 Å². The Morgan fingerprint density at radius 3 is 2.81 bits per heavy atom. The first kappa shape index (κ1) is 16.1. The third kappa shape index (κ3) is 2.77. The Bertz CT molecular complexity index is 924. The molecule has 0 spiro atoms. The molecule has 1 atom stereocenters. The van der Waals surface area contributed by atoms with Crippen molar-refractivity contribution in [2.45, 2.75) is 6.04 Å². The molecule has 0 unspecified atom stereocenters. The molecule has 8 heteroatoms. The van der Waals surface area contributed by atoms with Gasteiger partial charge in [0.15, 0.2) is 17.8 Å². The van der Waals surface area contributed by atoms with E-state index >= 15 is 0 Å². The zero-order valence-corrected chi connectivity index (χ0v) is 14.0. The molecule has 0 aliphatic carbocycles. The van der Waals surface area contributed by atoms with E-state index in [1.165, 1.54) is 0 Å². The summed E-state index contributed by atoms with van der Waals surface area (Å²) in [5.41, 5.74) is 1.27. The molecule has 2 aromatic rings. The third-order valence-corrected chi connectivity index (χ3v) is 4.85. The van der Waals surface area contributed by atoms with Gasteiger partial charge in [0, 0.05) is 37.8 Å². The normalized spacial score (nSPS) is 20.4. The van der Waals surface area contributed by atoms with E-state index in [2.05, 4.69) is 22.3 Å². The molecule has 2 aliphatic rings. The highest BCUT2D eigenvalue weighted by atomic mass is 16.5. The second kappa shape index (κ2) is 6.51. The van der Waals surface area contributed by atoms with E-state index in [1.807, 2.05) is 6.07 Å². The Labute approximate surface area is 150 Å². The lowest BCUT2D eigenvalue weighted by atomic mass is 10.1. The number of amides is 1. The molecular formula is C18H16N6O2. The number of carbonyl (C=O) groups excluding carboxylic acids is 1. The molecule has 2 aliphatic heterocycles. The van der Waals surface area contributed by atoms with E-state index in [1.54, 1.807) is 34.1 Å². The molecule has 4 rings (SSSR count). The first-order chi connectivity index (χ1) is 12.7. The average molecular weight is 348 g/mol. The van der Waals surface area contributed by atoms with Crippen LogP contribution in [0.15, 0.2) is 34.9 Å². The maximum Gasteiger partial charge on any atom is 0.247 e. The highest BCUT2D eigenvalue weighted by molar-refractivity contribution is 5.97. The molecule has 0 radical (unpaired) electrons. The number of nitriles is 2. The smallest absolute Gasteiger partial charge is 0.247 e. The minimum atomic E-state index is -0.334. The lowest BCUT2D eigenvalue weighted by Gasteiger charge is -2.44. The molecule has 130 valence electrons. The summed E-state index contributed by atoms with van der Waals surface area (Å²) in [6.45, 7) is 3.04. The van der Waals surface area contributed by atoms with Gasteiger partial charge in [-0.25, -0.2) is 0 Å². The summed E-state index contributed by atoms with van der Waals surface area (Å²) in [5, 5.41) is 22.2. The van der Waals surface area contributed by atoms with Crippen LogP contribution >= 0.6 is 0 Å². The Hall–Kier alpha value is -3.36. The van der Waals surface area contributed by atoms with Crippen LogP contribution in [0.25, 0.3) is 11.3 Å². The van der Waals surface area contributed by atoms with Crippen molar-refractivity contribution in [3.8, 4) is 23.6 Å². The first-order valence-electron chi connectivity index (χ1n) is 8.37. The van der Waals surface area contributed by atoms with Gasteiger partial charge in [-0.2, -0.15) is 10.5 Å². The number of piperazine rings is 2. The van der Waals surface area contributed by atoms with Gasteiger partial charge >= 0.3 is 0 Å². The van der Waals surface area contributed by atoms with E-state index in [-0.39, 0.29) is 11.9 Å². The number of hydrogen-bond donors (Lipinski definition) is 0. The minimum Gasteiger partial charge on any atom is -0.354 e. The zero-order valence-electron chi connectivity index (χ0n) is 14.0. The molecule has 8 nitrogen and oxygen atoms in total. The molecule has 3 heterocycles. The van der Waals surface area contributed by atoms with E-state index in [0.29, 0.717) is 43.3 Å². The topological polar surface area (TPSA) is 100 Å². The fourth-order valence-electron chi connectivity index (χ4n) is 3.43. The minimum absolute atomic E-state index is 0.0678. The van der Waals surface area contributed by atoms with Crippen molar-refractivity contribution in [1.29, 1.82) is 10.5 Å². The maximum atomic E-state index is 12.9. The quantitative estimate of drug-likeness (QED) is 0.747. The van der Waals surface area contributed by atoms with Gasteiger partial charge in [0.1, 0.15) is 6.04 Å². The largest absolute Gasteiger partial charge is 0.354 e. The monoisotopic (exact) mass is 348 g/mol. The molecule has 2 saturated heterocycles. The predicted octanol–water partition coefficient (Wildman–Crippen LogP) is 1.03. The van der Waals surface area contributed by atoms with Gasteiger partial charge in [-0.15, -0.1) is 0 Å². The number of aromatic nitrogens is 1. The summed E-state index contributed by atoms with van der Waals surface area (Å²) in [4.78, 5) is 18.2. The number of rotatable bonds is 2. The number of nitrogens with zero attached hydrogens (tertiary/aromatic N) is 6. The molecule has 2 fully saturated rings. The third-order valence-electron chi connectivity index (χ3n) is 4.85. The number of benzene rings is 1. The van der Waals surface area contributed by atoms with E-state index in [9.17, 15) is 4.79 Å². The summed E-state index contributed by atoms with van der Waals surface area (Å²) in [6.07, 6.45) is 2.12. The Balaban J connectivity index is 1.57. The van der Waals surface area contributed by atoms with Gasteiger partial charge in [-0.1, -0.05) is 17.3 Å². The molecule has 1 aromatic carbocycles. The van der Waals surface area contributed by atoms with Crippen molar-refractivity contribution >= 4 is 11.7 Å². The Morgan fingerprint density at radius 2 is 2.00 bits per heavy atom. The van der Waals surface area contributed by atoms with Crippen LogP contribution in [0.2, 0.25) is 0 Å². The van der Waals surface area contributed by atoms with Crippen molar-refractivity contribution in [3.63, 3.8) is 0 Å². The van der Waals surface area contributed by atoms with Crippen molar-refractivity contribution in [1.82, 2.24) is 15.0 Å². The van der Waals surface area contributed by atoms with Gasteiger partial charge in [0.25, 0.3) is 0 Å². The highest BCUT2D eigenvalue weighted by Gasteiger charge is 2.39. The van der Waals surface area contributed by atoms with Gasteiger partial charge in [-0.05, 0) is 12.1 Å². The second-order valence-electron chi connectivity index (χ2n) is 6.33. The molecule has 0 bridgehead atoms. The maximum absolute atomic E-state index is 12.9. The summed E-state index contributed by atoms with van der Waals surface area (Å²) in [5.74, 6) is 0.901. The zero-order chi connectivity index (χ0) is 18.1. The summed E-state index contributed by atoms with van der Waals surface area (Å²) >= 11 is 0. The van der Waals surface area contributed by atoms with E-state index < -0.39 is 0 Å². The molecule has 1 aromatic heterocycles. The van der Waals surface area contributed by atoms with Crippen LogP contribution in [0, 0.1) is 22.8 Å². The lowest BCUT2D eigenvalue weighted by molar-refractivity contribution is -0.127. The van der Waals surface area contributed by atoms with Crippen molar-refractivity contribution in [2.75, 3.05) is 37.6 Å². The second-order valence-corrected chi connectivity index (χ2v) is 6.33. The fraction of sp³-hybridized carbons (Fsp3) is 0.333. The summed E-state index contributed by atoms with van der Waals surface area (Å²) in [7, 11) is 0. The predicted molar refractivity (Wildman–Crippen MR) is 91.6 cm³/mol. The SMILES string of the molecule is N#Cc1cccc(-c2cc(N3CCN4CCN(C#N)C[C@H]4C3=O)no2)c1. The highest BCUT2D eigenvalue weighted by Crippen LogP contribution is 2.27. The van der Waals surface area contributed by atoms with Crippen LogP contribution in [-0.4, -0.2) is 59.6 Å². The van der Waals surface area contributed by atoms with Crippen molar-refractivity contribution in [3.05, 3.63) is 35.9 Å². The molecular weight excluding hydrogens is 332 g/mol. The van der Waals surface area contributed by atoms with Gasteiger partial charge in [-0.3, -0.25) is 14.6 Å². The van der Waals surface area contributed by atoms with E-state index in [0.717, 1.165) is 12.1 Å². The van der Waals surface area contributed by atoms with E-state index in [4.69, 9.17) is 15.0 Å². The van der Waals surface area contributed by atoms with Crippen molar-refractivity contribution < 1.29 is 9.32 Å². The number of carbonyl (C=O) groups is 1. The fourth-order valence-corrected chi connectivity index (χ4v) is 3.43. The van der Waals surface area contributed by atoms with Crippen LogP contribution in [0.4, 0.5) is 5.82 Å². The van der Waals surface area contributed by atoms with Crippen LogP contribution < -0.4 is 4.90 Å². The lowest BCUT2D eigenvalue weighted by Crippen LogP contribution is -2.64. The summed E-state index contributed by atoms with van der Waals surface area (Å²) in [6, 6.07) is 10.5. The first-order valence-corrected chi connectivity index (χ1v) is 8.37. The summed E-state index contributed by atoms with van der Waals surface area (Å²) < 4.78 is 5.40. The Morgan fingerprint density at radius 1 is 1.15 bits per heavy atom. The van der Waals surface area contributed by atoms with Crippen molar-refractivity contribution in [2.24, 2.45) is 0 Å². The standard InChI is InChI=1S/C18H16N6O2/c19-10-13-2-1-3-14(8-13)16-9-17(21-26-16)24-7-6-23-5-4-22(12-20)11-15(23)18(24)25/h1-3,8-9,15H,4-7,11H2/t15-/m0/s1. The van der Waals surface area contributed by atoms with Gasteiger partial charge in [0.05, 0.1) is 18.2 Å². The number of anilines is 1. The van der Waals surface area contributed by atoms with Gasteiger partial charge in [0.2, 0.25) is 5.91 Å². The molecule has 0 saturated carbocycles. The van der Waals surface area contributed by atoms with Crippen LogP contribution in [0.3, 0.4) is 0 Å². The molecule has 26 heavy (non-hydrogen) atoms. The van der Waals surface area contributed by atoms with Crippen LogP contribution in [0.5, 0.6) is 0 Å². The number of fused-ring (bicyclic) bond motifs is 1. The molecule has 1 amide bonds.